The van der Waals surface area contributed by atoms with E-state index < -0.39 is 0 Å². The van der Waals surface area contributed by atoms with Gasteiger partial charge in [-0.15, -0.1) is 9.20 Å². The highest BCUT2D eigenvalue weighted by atomic mass is 16.3. The second-order valence-corrected chi connectivity index (χ2v) is 5.65. The molecular weight excluding hydrogens is 302 g/mol. The summed E-state index contributed by atoms with van der Waals surface area (Å²) in [5.41, 5.74) is 2.58. The zero-order valence-electron chi connectivity index (χ0n) is 13.1. The van der Waals surface area contributed by atoms with Crippen LogP contribution in [-0.2, 0) is 0 Å². The molecule has 0 unspecified atom stereocenters. The van der Waals surface area contributed by atoms with Crippen molar-refractivity contribution in [2.24, 2.45) is 0 Å². The highest BCUT2D eigenvalue weighted by molar-refractivity contribution is 5.55. The monoisotopic (exact) mass is 318 g/mol. The van der Waals surface area contributed by atoms with Gasteiger partial charge >= 0.3 is 5.88 Å². The lowest BCUT2D eigenvalue weighted by molar-refractivity contribution is -0.602. The van der Waals surface area contributed by atoms with E-state index >= 15 is 0 Å². The van der Waals surface area contributed by atoms with Crippen molar-refractivity contribution < 1.29 is 9.67 Å². The largest absolute Gasteiger partial charge is 0.474 e. The molecule has 0 amide bonds. The fourth-order valence-corrected chi connectivity index (χ4v) is 2.86. The zero-order chi connectivity index (χ0) is 16.7. The van der Waals surface area contributed by atoms with Gasteiger partial charge in [0.25, 0.3) is 11.9 Å². The van der Waals surface area contributed by atoms with E-state index in [1.807, 2.05) is 60.7 Å². The van der Waals surface area contributed by atoms with Crippen LogP contribution in [0, 0.1) is 6.92 Å². The molecule has 1 N–H and O–H groups in total. The first kappa shape index (κ1) is 14.3. The Hall–Kier alpha value is -3.34. The Morgan fingerprint density at radius 3 is 2.25 bits per heavy atom. The number of para-hydroxylation sites is 2. The van der Waals surface area contributed by atoms with Crippen molar-refractivity contribution in [3.8, 4) is 17.3 Å². The summed E-state index contributed by atoms with van der Waals surface area (Å²) in [7, 11) is 0. The Kier molecular flexibility index (Phi) is 3.20. The van der Waals surface area contributed by atoms with Crippen LogP contribution in [0.3, 0.4) is 0 Å². The Bertz CT molecular complexity index is 1080. The Balaban J connectivity index is 2.10. The van der Waals surface area contributed by atoms with Crippen LogP contribution in [0.5, 0.6) is 5.88 Å². The highest BCUT2D eigenvalue weighted by Crippen LogP contribution is 2.18. The summed E-state index contributed by atoms with van der Waals surface area (Å²) in [6, 6.07) is 20.6. The van der Waals surface area contributed by atoms with Crippen molar-refractivity contribution >= 4 is 5.52 Å². The Labute approximate surface area is 138 Å². The van der Waals surface area contributed by atoms with E-state index in [1.165, 1.54) is 0 Å². The van der Waals surface area contributed by atoms with E-state index in [0.29, 0.717) is 11.1 Å². The third-order valence-corrected chi connectivity index (χ3v) is 4.06. The van der Waals surface area contributed by atoms with Gasteiger partial charge in [0.2, 0.25) is 5.52 Å². The number of nitrogens with zero attached hydrogens (tertiary/aromatic N) is 3. The minimum Gasteiger partial charge on any atom is -0.474 e. The van der Waals surface area contributed by atoms with Gasteiger partial charge in [0.1, 0.15) is 5.69 Å². The molecule has 0 aliphatic rings. The summed E-state index contributed by atoms with van der Waals surface area (Å²) in [6.45, 7) is 1.75. The maximum absolute atomic E-state index is 12.7. The zero-order valence-corrected chi connectivity index (χ0v) is 13.1. The van der Waals surface area contributed by atoms with Gasteiger partial charge < -0.3 is 5.11 Å². The average Bonchev–Trinajstić information content (AvgIpc) is 2.94. The van der Waals surface area contributed by atoms with E-state index in [0.717, 1.165) is 11.4 Å². The van der Waals surface area contributed by atoms with Crippen LogP contribution in [-0.4, -0.2) is 14.3 Å². The molecule has 0 saturated carbocycles. The number of hydrogen-bond acceptors (Lipinski definition) is 2. The van der Waals surface area contributed by atoms with Crippen molar-refractivity contribution in [2.45, 2.75) is 6.92 Å². The van der Waals surface area contributed by atoms with Gasteiger partial charge in [-0.1, -0.05) is 36.4 Å². The Morgan fingerprint density at radius 1 is 0.958 bits per heavy atom. The first-order valence-electron chi connectivity index (χ1n) is 7.66. The van der Waals surface area contributed by atoms with Crippen LogP contribution >= 0.6 is 0 Å². The molecule has 0 saturated heterocycles. The summed E-state index contributed by atoms with van der Waals surface area (Å²) in [5, 5.41) is 10.7. The Morgan fingerprint density at radius 2 is 1.58 bits per heavy atom. The second-order valence-electron chi connectivity index (χ2n) is 5.65. The summed E-state index contributed by atoms with van der Waals surface area (Å²) in [5.74, 6) is 0.0916. The van der Waals surface area contributed by atoms with E-state index in [-0.39, 0.29) is 11.4 Å². The number of fused-ring (bicyclic) bond motifs is 1. The molecule has 0 spiro atoms. The normalized spacial score (nSPS) is 11.0. The smallest absolute Gasteiger partial charge is 0.337 e. The van der Waals surface area contributed by atoms with Gasteiger partial charge in [-0.3, -0.25) is 4.79 Å². The number of rotatable bonds is 2. The molecule has 4 rings (SSSR count). The number of imidazole rings is 1. The second kappa shape index (κ2) is 5.38. The predicted molar refractivity (Wildman–Crippen MR) is 90.9 cm³/mol. The molecule has 118 valence electrons. The fourth-order valence-electron chi connectivity index (χ4n) is 2.86. The van der Waals surface area contributed by atoms with E-state index in [2.05, 4.69) is 0 Å². The first-order valence-corrected chi connectivity index (χ1v) is 7.66. The molecule has 0 aliphatic heterocycles. The molecule has 2 aromatic carbocycles. The summed E-state index contributed by atoms with van der Waals surface area (Å²) >= 11 is 0. The van der Waals surface area contributed by atoms with Crippen LogP contribution in [0.15, 0.2) is 77.9 Å². The number of hydrogen-bond donors (Lipinski definition) is 1. The number of benzene rings is 2. The maximum atomic E-state index is 12.7. The molecule has 0 radical (unpaired) electrons. The van der Waals surface area contributed by atoms with Crippen molar-refractivity contribution in [3.63, 3.8) is 0 Å². The van der Waals surface area contributed by atoms with Crippen LogP contribution in [0.25, 0.3) is 16.9 Å². The van der Waals surface area contributed by atoms with Crippen molar-refractivity contribution in [3.05, 3.63) is 89.0 Å². The van der Waals surface area contributed by atoms with Gasteiger partial charge in [0.15, 0.2) is 0 Å². The molecular formula is C19H16N3O2+. The molecule has 2 aromatic heterocycles. The van der Waals surface area contributed by atoms with Crippen LogP contribution < -0.4 is 10.1 Å². The van der Waals surface area contributed by atoms with E-state index in [4.69, 9.17) is 0 Å². The minimum atomic E-state index is -0.121. The number of aromatic nitrogens is 3. The van der Waals surface area contributed by atoms with Crippen molar-refractivity contribution in [1.82, 2.24) is 9.20 Å². The van der Waals surface area contributed by atoms with E-state index in [1.54, 1.807) is 33.1 Å². The van der Waals surface area contributed by atoms with Gasteiger partial charge in [-0.05, 0) is 31.2 Å². The molecule has 2 heterocycles. The van der Waals surface area contributed by atoms with Gasteiger partial charge in [-0.2, -0.15) is 4.57 Å². The van der Waals surface area contributed by atoms with Gasteiger partial charge in [0, 0.05) is 11.6 Å². The van der Waals surface area contributed by atoms with E-state index in [9.17, 15) is 9.90 Å². The van der Waals surface area contributed by atoms with Crippen LogP contribution in [0.1, 0.15) is 5.56 Å². The third-order valence-electron chi connectivity index (χ3n) is 4.06. The number of aromatic hydroxyl groups is 1. The molecule has 5 heteroatoms. The predicted octanol–water partition coefficient (Wildman–Crippen LogP) is 2.38. The van der Waals surface area contributed by atoms with Crippen molar-refractivity contribution in [1.29, 1.82) is 0 Å². The lowest BCUT2D eigenvalue weighted by Crippen LogP contribution is -2.29. The average molecular weight is 318 g/mol. The summed E-state index contributed by atoms with van der Waals surface area (Å²) < 4.78 is 4.89. The van der Waals surface area contributed by atoms with Gasteiger partial charge in [-0.25, -0.2) is 0 Å². The SMILES string of the molecule is Cc1cc2c(O)[n+](-c3ccccc3)cn2n(-c2ccccc2)c1=O. The molecule has 4 aromatic rings. The maximum Gasteiger partial charge on any atom is 0.337 e. The molecule has 0 atom stereocenters. The molecule has 0 aliphatic carbocycles. The van der Waals surface area contributed by atoms with Crippen molar-refractivity contribution in [2.75, 3.05) is 0 Å². The lowest BCUT2D eigenvalue weighted by Gasteiger charge is -2.04. The summed E-state index contributed by atoms with van der Waals surface area (Å²) in [4.78, 5) is 12.7. The fraction of sp³-hybridized carbons (Fsp3) is 0.0526. The number of aryl methyl sites for hydroxylation is 1. The standard InChI is InChI=1S/C19H15N3O2/c1-14-12-17-19(24)20(15-8-4-2-5-9-15)13-21(17)22(18(14)23)16-10-6-3-7-11-16/h2-13H,1H3/p+1. The molecule has 5 nitrogen and oxygen atoms in total. The third kappa shape index (κ3) is 2.10. The molecule has 24 heavy (non-hydrogen) atoms. The summed E-state index contributed by atoms with van der Waals surface area (Å²) in [6.07, 6.45) is 1.72. The quantitative estimate of drug-likeness (QED) is 0.577. The minimum absolute atomic E-state index is 0.0916. The highest BCUT2D eigenvalue weighted by Gasteiger charge is 2.23. The van der Waals surface area contributed by atoms with Crippen LogP contribution in [0.4, 0.5) is 0 Å². The molecule has 0 fully saturated rings. The van der Waals surface area contributed by atoms with Crippen LogP contribution in [0.2, 0.25) is 0 Å². The topological polar surface area (TPSA) is 50.5 Å². The first-order chi connectivity index (χ1) is 11.7. The lowest BCUT2D eigenvalue weighted by atomic mass is 10.3. The van der Waals surface area contributed by atoms with Gasteiger partial charge in [0.05, 0.1) is 5.69 Å². The molecule has 0 bridgehead atoms.